The van der Waals surface area contributed by atoms with Crippen LogP contribution in [0.3, 0.4) is 0 Å². The van der Waals surface area contributed by atoms with Gasteiger partial charge >= 0.3 is 0 Å². The van der Waals surface area contributed by atoms with Gasteiger partial charge in [-0.1, -0.05) is 77.6 Å². The average molecular weight is 294 g/mol. The predicted molar refractivity (Wildman–Crippen MR) is 93.4 cm³/mol. The van der Waals surface area contributed by atoms with Gasteiger partial charge in [-0.3, -0.25) is 0 Å². The highest BCUT2D eigenvalue weighted by atomic mass is 14.7. The molecule has 0 aromatic heterocycles. The van der Waals surface area contributed by atoms with E-state index in [-0.39, 0.29) is 0 Å². The first kappa shape index (κ1) is 17.3. The quantitative estimate of drug-likeness (QED) is 0.435. The Labute approximate surface area is 133 Å². The molecule has 2 rings (SSSR count). The van der Waals surface area contributed by atoms with Crippen molar-refractivity contribution in [1.29, 1.82) is 0 Å². The fraction of sp³-hybridized carbons (Fsp3) is 1.00. The van der Waals surface area contributed by atoms with Crippen molar-refractivity contribution in [3.8, 4) is 0 Å². The lowest BCUT2D eigenvalue weighted by atomic mass is 9.82. The van der Waals surface area contributed by atoms with Gasteiger partial charge in [-0.15, -0.1) is 0 Å². The molecule has 0 aliphatic heterocycles. The second-order valence-corrected chi connectivity index (χ2v) is 7.97. The standard InChI is InChI=1S/C20H39N/c1-2-3-4-5-6-7-8-9-10-11-12-20(21)19-16-17-13-14-18(19)15-17/h17-20H,2-16,21H2,1H3. The van der Waals surface area contributed by atoms with Crippen LogP contribution in [0.25, 0.3) is 0 Å². The van der Waals surface area contributed by atoms with E-state index in [9.17, 15) is 0 Å². The lowest BCUT2D eigenvalue weighted by molar-refractivity contribution is 0.268. The van der Waals surface area contributed by atoms with Crippen LogP contribution in [0.15, 0.2) is 0 Å². The molecule has 0 aromatic carbocycles. The summed E-state index contributed by atoms with van der Waals surface area (Å²) in [5, 5.41) is 0. The summed E-state index contributed by atoms with van der Waals surface area (Å²) in [5.41, 5.74) is 6.47. The van der Waals surface area contributed by atoms with Crippen LogP contribution in [0.2, 0.25) is 0 Å². The highest BCUT2D eigenvalue weighted by molar-refractivity contribution is 4.94. The van der Waals surface area contributed by atoms with Crippen molar-refractivity contribution in [1.82, 2.24) is 0 Å². The zero-order chi connectivity index (χ0) is 14.9. The van der Waals surface area contributed by atoms with Gasteiger partial charge in [0, 0.05) is 6.04 Å². The van der Waals surface area contributed by atoms with Crippen molar-refractivity contribution in [2.24, 2.45) is 23.5 Å². The number of rotatable bonds is 12. The number of hydrogen-bond acceptors (Lipinski definition) is 1. The molecule has 1 nitrogen and oxygen atoms in total. The number of hydrogen-bond donors (Lipinski definition) is 1. The van der Waals surface area contributed by atoms with Gasteiger partial charge in [0.05, 0.1) is 0 Å². The normalized spacial score (nSPS) is 29.1. The summed E-state index contributed by atoms with van der Waals surface area (Å²) in [4.78, 5) is 0. The maximum absolute atomic E-state index is 6.47. The van der Waals surface area contributed by atoms with Gasteiger partial charge in [-0.25, -0.2) is 0 Å². The van der Waals surface area contributed by atoms with Crippen LogP contribution in [0.5, 0.6) is 0 Å². The Morgan fingerprint density at radius 3 is 1.95 bits per heavy atom. The lowest BCUT2D eigenvalue weighted by Crippen LogP contribution is -2.33. The van der Waals surface area contributed by atoms with E-state index >= 15 is 0 Å². The SMILES string of the molecule is CCCCCCCCCCCCC(N)C1CC2CCC1C2. The highest BCUT2D eigenvalue weighted by Crippen LogP contribution is 2.49. The molecule has 21 heavy (non-hydrogen) atoms. The number of nitrogens with two attached hydrogens (primary N) is 1. The van der Waals surface area contributed by atoms with Gasteiger partial charge in [0.15, 0.2) is 0 Å². The van der Waals surface area contributed by atoms with E-state index in [4.69, 9.17) is 5.73 Å². The van der Waals surface area contributed by atoms with Crippen LogP contribution in [0.1, 0.15) is 103 Å². The van der Waals surface area contributed by atoms with E-state index in [1.54, 1.807) is 0 Å². The van der Waals surface area contributed by atoms with Crippen LogP contribution in [-0.4, -0.2) is 6.04 Å². The summed E-state index contributed by atoms with van der Waals surface area (Å²) in [5.74, 6) is 2.95. The molecule has 2 aliphatic rings. The van der Waals surface area contributed by atoms with E-state index in [1.165, 1.54) is 96.3 Å². The summed E-state index contributed by atoms with van der Waals surface area (Å²) in [6.07, 6.45) is 21.6. The minimum atomic E-state index is 0.523. The van der Waals surface area contributed by atoms with E-state index < -0.39 is 0 Å². The molecule has 2 N–H and O–H groups in total. The van der Waals surface area contributed by atoms with Crippen molar-refractivity contribution in [2.45, 2.75) is 109 Å². The topological polar surface area (TPSA) is 26.0 Å². The Hall–Kier alpha value is -0.0400. The molecule has 0 amide bonds. The van der Waals surface area contributed by atoms with Crippen molar-refractivity contribution >= 4 is 0 Å². The summed E-state index contributed by atoms with van der Waals surface area (Å²) in [6.45, 7) is 2.29. The third-order valence-electron chi connectivity index (χ3n) is 6.23. The molecule has 0 aromatic rings. The highest BCUT2D eigenvalue weighted by Gasteiger charge is 2.41. The Morgan fingerprint density at radius 1 is 0.810 bits per heavy atom. The summed E-state index contributed by atoms with van der Waals surface area (Å²) < 4.78 is 0. The molecule has 1 heteroatoms. The Balaban J connectivity index is 1.38. The first-order chi connectivity index (χ1) is 10.3. The van der Waals surface area contributed by atoms with Crippen molar-refractivity contribution in [2.75, 3.05) is 0 Å². The lowest BCUT2D eigenvalue weighted by Gasteiger charge is -2.27. The first-order valence-electron chi connectivity index (χ1n) is 10.1. The van der Waals surface area contributed by atoms with Crippen LogP contribution in [-0.2, 0) is 0 Å². The van der Waals surface area contributed by atoms with Crippen molar-refractivity contribution in [3.05, 3.63) is 0 Å². The Morgan fingerprint density at radius 2 is 1.43 bits per heavy atom. The van der Waals surface area contributed by atoms with Crippen LogP contribution < -0.4 is 5.73 Å². The molecule has 0 saturated heterocycles. The summed E-state index contributed by atoms with van der Waals surface area (Å²) >= 11 is 0. The van der Waals surface area contributed by atoms with Gasteiger partial charge in [0.1, 0.15) is 0 Å². The minimum absolute atomic E-state index is 0.523. The smallest absolute Gasteiger partial charge is 0.00699 e. The molecule has 2 fully saturated rings. The summed E-state index contributed by atoms with van der Waals surface area (Å²) in [6, 6.07) is 0.523. The van der Waals surface area contributed by atoms with Gasteiger partial charge in [0.25, 0.3) is 0 Å². The molecule has 4 unspecified atom stereocenters. The van der Waals surface area contributed by atoms with E-state index in [0.717, 1.165) is 17.8 Å². The van der Waals surface area contributed by atoms with Crippen molar-refractivity contribution in [3.63, 3.8) is 0 Å². The summed E-state index contributed by atoms with van der Waals surface area (Å²) in [7, 11) is 0. The average Bonchev–Trinajstić information content (AvgIpc) is 3.12. The third-order valence-corrected chi connectivity index (χ3v) is 6.23. The predicted octanol–water partition coefficient (Wildman–Crippen LogP) is 6.06. The minimum Gasteiger partial charge on any atom is -0.327 e. The molecule has 2 saturated carbocycles. The molecule has 2 bridgehead atoms. The second-order valence-electron chi connectivity index (χ2n) is 7.97. The van der Waals surface area contributed by atoms with Gasteiger partial charge in [-0.2, -0.15) is 0 Å². The van der Waals surface area contributed by atoms with Gasteiger partial charge < -0.3 is 5.73 Å². The largest absolute Gasteiger partial charge is 0.327 e. The maximum Gasteiger partial charge on any atom is 0.00699 e. The maximum atomic E-state index is 6.47. The third kappa shape index (κ3) is 5.93. The molecule has 2 aliphatic carbocycles. The van der Waals surface area contributed by atoms with Gasteiger partial charge in [-0.05, 0) is 43.4 Å². The zero-order valence-electron chi connectivity index (χ0n) is 14.5. The van der Waals surface area contributed by atoms with Crippen LogP contribution in [0.4, 0.5) is 0 Å². The fourth-order valence-corrected chi connectivity index (χ4v) is 4.90. The number of unbranched alkanes of at least 4 members (excludes halogenated alkanes) is 9. The van der Waals surface area contributed by atoms with Crippen LogP contribution in [0, 0.1) is 17.8 Å². The monoisotopic (exact) mass is 293 g/mol. The number of fused-ring (bicyclic) bond motifs is 2. The first-order valence-corrected chi connectivity index (χ1v) is 10.1. The van der Waals surface area contributed by atoms with E-state index in [2.05, 4.69) is 6.92 Å². The molecule has 0 spiro atoms. The molecular formula is C20H39N. The molecular weight excluding hydrogens is 254 g/mol. The van der Waals surface area contributed by atoms with E-state index in [1.807, 2.05) is 0 Å². The Bertz CT molecular complexity index is 263. The van der Waals surface area contributed by atoms with Crippen molar-refractivity contribution < 1.29 is 0 Å². The molecule has 0 heterocycles. The zero-order valence-corrected chi connectivity index (χ0v) is 14.5. The molecule has 4 atom stereocenters. The van der Waals surface area contributed by atoms with Crippen LogP contribution >= 0.6 is 0 Å². The molecule has 0 radical (unpaired) electrons. The second kappa shape index (κ2) is 9.87. The molecule has 124 valence electrons. The van der Waals surface area contributed by atoms with E-state index in [0.29, 0.717) is 6.04 Å². The fourth-order valence-electron chi connectivity index (χ4n) is 4.90. The van der Waals surface area contributed by atoms with Gasteiger partial charge in [0.2, 0.25) is 0 Å². The Kier molecular flexibility index (Phi) is 8.14.